The molecule has 27 heavy (non-hydrogen) atoms. The largest absolute Gasteiger partial charge is 0.378 e. The Hall–Kier alpha value is -3.19. The van der Waals surface area contributed by atoms with Crippen LogP contribution in [0.3, 0.4) is 0 Å². The number of imidazole rings is 1. The molecule has 1 aliphatic heterocycles. The topological polar surface area (TPSA) is 71.9 Å². The van der Waals surface area contributed by atoms with Crippen LogP contribution in [0.5, 0.6) is 0 Å². The van der Waals surface area contributed by atoms with E-state index in [0.717, 1.165) is 60.2 Å². The number of nitrogens with zero attached hydrogens (tertiary/aromatic N) is 5. The van der Waals surface area contributed by atoms with E-state index < -0.39 is 0 Å². The highest BCUT2D eigenvalue weighted by Gasteiger charge is 2.18. The van der Waals surface area contributed by atoms with Crippen molar-refractivity contribution in [3.8, 4) is 17.1 Å². The van der Waals surface area contributed by atoms with Crippen molar-refractivity contribution in [1.82, 2.24) is 24.7 Å². The molecule has 1 fully saturated rings. The van der Waals surface area contributed by atoms with Gasteiger partial charge in [0.05, 0.1) is 36.6 Å². The van der Waals surface area contributed by atoms with Crippen molar-refractivity contribution in [3.05, 3.63) is 54.5 Å². The second-order valence-corrected chi connectivity index (χ2v) is 6.71. The van der Waals surface area contributed by atoms with Crippen molar-refractivity contribution in [3.63, 3.8) is 0 Å². The van der Waals surface area contributed by atoms with Gasteiger partial charge in [0, 0.05) is 19.3 Å². The van der Waals surface area contributed by atoms with Gasteiger partial charge >= 0.3 is 0 Å². The fraction of sp³-hybridized carbons (Fsp3) is 0.250. The summed E-state index contributed by atoms with van der Waals surface area (Å²) in [5, 5.41) is 4.75. The Morgan fingerprint density at radius 3 is 2.81 bits per heavy atom. The number of anilines is 1. The minimum atomic E-state index is 0.728. The zero-order valence-corrected chi connectivity index (χ0v) is 15.1. The first kappa shape index (κ1) is 16.0. The van der Waals surface area contributed by atoms with Crippen LogP contribution in [-0.2, 0) is 4.74 Å². The fourth-order valence-electron chi connectivity index (χ4n) is 3.46. The molecule has 1 N–H and O–H groups in total. The molecule has 0 saturated carbocycles. The lowest BCUT2D eigenvalue weighted by Crippen LogP contribution is -2.36. The van der Waals surface area contributed by atoms with Gasteiger partial charge in [-0.25, -0.2) is 14.6 Å². The zero-order valence-electron chi connectivity index (χ0n) is 15.1. The van der Waals surface area contributed by atoms with Crippen LogP contribution >= 0.6 is 0 Å². The first-order valence-corrected chi connectivity index (χ1v) is 9.08. The molecule has 0 aliphatic carbocycles. The molecule has 136 valence electrons. The summed E-state index contributed by atoms with van der Waals surface area (Å²) in [5.74, 6) is 0. The number of ether oxygens (including phenoxy) is 1. The average molecular weight is 360 g/mol. The Balaban J connectivity index is 1.57. The second kappa shape index (κ2) is 6.51. The summed E-state index contributed by atoms with van der Waals surface area (Å²) >= 11 is 0. The monoisotopic (exact) mass is 360 g/mol. The molecule has 1 aliphatic rings. The molecule has 0 amide bonds. The molecule has 5 rings (SSSR count). The van der Waals surface area contributed by atoms with E-state index in [-0.39, 0.29) is 0 Å². The molecular weight excluding hydrogens is 340 g/mol. The van der Waals surface area contributed by atoms with E-state index in [0.29, 0.717) is 0 Å². The molecule has 4 heterocycles. The number of benzene rings is 1. The van der Waals surface area contributed by atoms with Crippen molar-refractivity contribution in [2.24, 2.45) is 0 Å². The van der Waals surface area contributed by atoms with Gasteiger partial charge in [-0.1, -0.05) is 12.1 Å². The number of morpholine rings is 1. The highest BCUT2D eigenvalue weighted by atomic mass is 16.5. The van der Waals surface area contributed by atoms with Crippen molar-refractivity contribution in [1.29, 1.82) is 0 Å². The lowest BCUT2D eigenvalue weighted by Gasteiger charge is -2.29. The quantitative estimate of drug-likeness (QED) is 0.608. The van der Waals surface area contributed by atoms with E-state index in [1.807, 2.05) is 23.0 Å². The molecule has 0 unspecified atom stereocenters. The number of pyridine rings is 1. The molecule has 7 heteroatoms. The third-order valence-corrected chi connectivity index (χ3v) is 4.84. The van der Waals surface area contributed by atoms with Crippen LogP contribution in [0.1, 0.15) is 5.56 Å². The predicted octanol–water partition coefficient (Wildman–Crippen LogP) is 2.96. The third kappa shape index (κ3) is 2.96. The van der Waals surface area contributed by atoms with Crippen LogP contribution in [0.15, 0.2) is 48.9 Å². The zero-order chi connectivity index (χ0) is 18.2. The van der Waals surface area contributed by atoms with E-state index in [9.17, 15) is 0 Å². The number of hydrogen-bond acceptors (Lipinski definition) is 5. The molecule has 7 nitrogen and oxygen atoms in total. The second-order valence-electron chi connectivity index (χ2n) is 6.71. The summed E-state index contributed by atoms with van der Waals surface area (Å²) in [6.07, 6.45) is 3.66. The molecule has 4 aromatic rings. The van der Waals surface area contributed by atoms with Crippen molar-refractivity contribution in [2.75, 3.05) is 31.2 Å². The smallest absolute Gasteiger partial charge is 0.160 e. The lowest BCUT2D eigenvalue weighted by atomic mass is 10.2. The summed E-state index contributed by atoms with van der Waals surface area (Å²) in [5.41, 5.74) is 6.65. The van der Waals surface area contributed by atoms with Gasteiger partial charge < -0.3 is 14.6 Å². The van der Waals surface area contributed by atoms with Crippen LogP contribution in [-0.4, -0.2) is 51.0 Å². The lowest BCUT2D eigenvalue weighted by molar-refractivity contribution is 0.123. The Morgan fingerprint density at radius 2 is 1.96 bits per heavy atom. The van der Waals surface area contributed by atoms with Gasteiger partial charge in [0.25, 0.3) is 0 Å². The average Bonchev–Trinajstić information content (AvgIpc) is 3.37. The van der Waals surface area contributed by atoms with Crippen molar-refractivity contribution >= 4 is 16.9 Å². The molecule has 1 aromatic carbocycles. The van der Waals surface area contributed by atoms with Crippen LogP contribution in [0.4, 0.5) is 5.69 Å². The Bertz CT molecular complexity index is 1090. The van der Waals surface area contributed by atoms with Crippen LogP contribution in [0.25, 0.3) is 28.2 Å². The van der Waals surface area contributed by atoms with Gasteiger partial charge in [-0.3, -0.25) is 0 Å². The summed E-state index contributed by atoms with van der Waals surface area (Å²) in [4.78, 5) is 14.6. The maximum atomic E-state index is 5.49. The van der Waals surface area contributed by atoms with E-state index in [1.54, 1.807) is 6.33 Å². The molecule has 1 saturated heterocycles. The normalized spacial score (nSPS) is 14.8. The summed E-state index contributed by atoms with van der Waals surface area (Å²) in [6.45, 7) is 5.24. The Kier molecular flexibility index (Phi) is 3.86. The Labute approximate surface area is 156 Å². The van der Waals surface area contributed by atoms with Gasteiger partial charge in [0.15, 0.2) is 5.65 Å². The van der Waals surface area contributed by atoms with E-state index in [2.05, 4.69) is 46.1 Å². The number of rotatable bonds is 3. The number of H-pyrrole nitrogens is 1. The SMILES string of the molecule is Cc1cccc(-n2ccc(-c3cc(N4CCOCC4)c4nc[nH]c4n3)n2)c1. The van der Waals surface area contributed by atoms with E-state index >= 15 is 0 Å². The third-order valence-electron chi connectivity index (χ3n) is 4.84. The van der Waals surface area contributed by atoms with Gasteiger partial charge in [-0.15, -0.1) is 0 Å². The number of hydrogen-bond donors (Lipinski definition) is 1. The maximum absolute atomic E-state index is 5.49. The standard InChI is InChI=1S/C20H20N6O/c1-14-3-2-4-15(11-14)26-6-5-16(24-26)17-12-18(25-7-9-27-10-8-25)19-20(23-17)22-13-21-19/h2-6,11-13H,7-10H2,1H3,(H,21,22,23). The summed E-state index contributed by atoms with van der Waals surface area (Å²) in [6, 6.07) is 12.4. The first-order valence-electron chi connectivity index (χ1n) is 9.08. The van der Waals surface area contributed by atoms with Crippen molar-refractivity contribution in [2.45, 2.75) is 6.92 Å². The highest BCUT2D eigenvalue weighted by molar-refractivity contribution is 5.88. The molecule has 0 radical (unpaired) electrons. The number of fused-ring (bicyclic) bond motifs is 1. The highest BCUT2D eigenvalue weighted by Crippen LogP contribution is 2.29. The van der Waals surface area contributed by atoms with Gasteiger partial charge in [-0.05, 0) is 36.8 Å². The van der Waals surface area contributed by atoms with Gasteiger partial charge in [0.1, 0.15) is 11.2 Å². The number of aromatic nitrogens is 5. The van der Waals surface area contributed by atoms with Gasteiger partial charge in [0.2, 0.25) is 0 Å². The first-order chi connectivity index (χ1) is 13.3. The Morgan fingerprint density at radius 1 is 1.07 bits per heavy atom. The number of aryl methyl sites for hydroxylation is 1. The predicted molar refractivity (Wildman–Crippen MR) is 104 cm³/mol. The van der Waals surface area contributed by atoms with Crippen molar-refractivity contribution < 1.29 is 4.74 Å². The van der Waals surface area contributed by atoms with Crippen LogP contribution < -0.4 is 4.90 Å². The maximum Gasteiger partial charge on any atom is 0.160 e. The van der Waals surface area contributed by atoms with E-state index in [4.69, 9.17) is 14.8 Å². The van der Waals surface area contributed by atoms with Crippen LogP contribution in [0, 0.1) is 6.92 Å². The molecule has 3 aromatic heterocycles. The molecule has 0 spiro atoms. The summed E-state index contributed by atoms with van der Waals surface area (Å²) < 4.78 is 7.37. The summed E-state index contributed by atoms with van der Waals surface area (Å²) in [7, 11) is 0. The minimum Gasteiger partial charge on any atom is -0.378 e. The molecule has 0 bridgehead atoms. The molecule has 0 atom stereocenters. The number of nitrogens with one attached hydrogen (secondary N) is 1. The number of aromatic amines is 1. The van der Waals surface area contributed by atoms with Gasteiger partial charge in [-0.2, -0.15) is 5.10 Å². The molecular formula is C20H20N6O. The fourth-order valence-corrected chi connectivity index (χ4v) is 3.46. The van der Waals surface area contributed by atoms with E-state index in [1.165, 1.54) is 5.56 Å². The van der Waals surface area contributed by atoms with Crippen LogP contribution in [0.2, 0.25) is 0 Å². The minimum absolute atomic E-state index is 0.728.